The molecule has 0 unspecified atom stereocenters. The average Bonchev–Trinajstić information content (AvgIpc) is 2.29. The predicted octanol–water partition coefficient (Wildman–Crippen LogP) is 2.16. The summed E-state index contributed by atoms with van der Waals surface area (Å²) in [5.74, 6) is -1.06. The highest BCUT2D eigenvalue weighted by atomic mass is 19.1. The summed E-state index contributed by atoms with van der Waals surface area (Å²) in [5.41, 5.74) is 0.962. The number of hydrogen-bond donors (Lipinski definition) is 0. The number of carbonyl (C=O) groups excluding carboxylic acids is 1. The van der Waals surface area contributed by atoms with Gasteiger partial charge in [0.25, 0.3) is 0 Å². The van der Waals surface area contributed by atoms with Crippen LogP contribution in [-0.4, -0.2) is 15.8 Å². The van der Waals surface area contributed by atoms with Gasteiger partial charge in [-0.15, -0.1) is 0 Å². The van der Waals surface area contributed by atoms with Crippen molar-refractivity contribution in [3.63, 3.8) is 0 Å². The standard InChI is InChI=1S/C12H9FN2O/c1-8-4-6-14-7-9(8)12(16)11-10(13)3-2-5-15-11/h2-7H,1H3. The summed E-state index contributed by atoms with van der Waals surface area (Å²) in [6.45, 7) is 1.77. The summed E-state index contributed by atoms with van der Waals surface area (Å²) in [6.07, 6.45) is 4.40. The minimum atomic E-state index is -0.615. The third-order valence-electron chi connectivity index (χ3n) is 2.26. The number of aryl methyl sites for hydroxylation is 1. The van der Waals surface area contributed by atoms with Crippen molar-refractivity contribution in [1.82, 2.24) is 9.97 Å². The van der Waals surface area contributed by atoms with E-state index >= 15 is 0 Å². The second kappa shape index (κ2) is 4.18. The number of pyridine rings is 2. The molecule has 3 nitrogen and oxygen atoms in total. The fraction of sp³-hybridized carbons (Fsp3) is 0.0833. The number of aromatic nitrogens is 2. The molecule has 2 heterocycles. The van der Waals surface area contributed by atoms with Gasteiger partial charge in [-0.25, -0.2) is 9.37 Å². The number of carbonyl (C=O) groups is 1. The molecule has 2 aromatic rings. The Bertz CT molecular complexity index is 493. The van der Waals surface area contributed by atoms with Crippen molar-refractivity contribution < 1.29 is 9.18 Å². The fourth-order valence-corrected chi connectivity index (χ4v) is 1.38. The summed E-state index contributed by atoms with van der Waals surface area (Å²) in [4.78, 5) is 19.5. The van der Waals surface area contributed by atoms with Gasteiger partial charge >= 0.3 is 0 Å². The largest absolute Gasteiger partial charge is 0.287 e. The van der Waals surface area contributed by atoms with Crippen LogP contribution in [0, 0.1) is 12.7 Å². The van der Waals surface area contributed by atoms with Crippen molar-refractivity contribution in [3.05, 3.63) is 59.4 Å². The SMILES string of the molecule is Cc1ccncc1C(=O)c1ncccc1F. The van der Waals surface area contributed by atoms with Crippen molar-refractivity contribution in [2.75, 3.05) is 0 Å². The predicted molar refractivity (Wildman–Crippen MR) is 56.6 cm³/mol. The Morgan fingerprint density at radius 1 is 1.31 bits per heavy atom. The zero-order chi connectivity index (χ0) is 11.5. The normalized spacial score (nSPS) is 10.1. The number of ketones is 1. The molecular formula is C12H9FN2O. The van der Waals surface area contributed by atoms with E-state index in [9.17, 15) is 9.18 Å². The van der Waals surface area contributed by atoms with E-state index in [0.717, 1.165) is 5.56 Å². The van der Waals surface area contributed by atoms with Gasteiger partial charge in [0.1, 0.15) is 5.69 Å². The first kappa shape index (κ1) is 10.4. The van der Waals surface area contributed by atoms with Crippen LogP contribution in [0.15, 0.2) is 36.8 Å². The quantitative estimate of drug-likeness (QED) is 0.722. The number of halogens is 1. The van der Waals surface area contributed by atoms with Gasteiger partial charge in [0, 0.05) is 24.2 Å². The molecule has 2 rings (SSSR count). The van der Waals surface area contributed by atoms with E-state index in [1.54, 1.807) is 19.2 Å². The lowest BCUT2D eigenvalue weighted by molar-refractivity contribution is 0.102. The molecule has 4 heteroatoms. The van der Waals surface area contributed by atoms with E-state index in [0.29, 0.717) is 5.56 Å². The summed E-state index contributed by atoms with van der Waals surface area (Å²) < 4.78 is 13.4. The van der Waals surface area contributed by atoms with E-state index in [2.05, 4.69) is 9.97 Å². The molecule has 0 aliphatic rings. The Labute approximate surface area is 92.0 Å². The van der Waals surface area contributed by atoms with E-state index in [1.807, 2.05) is 0 Å². The molecule has 0 N–H and O–H groups in total. The third-order valence-corrected chi connectivity index (χ3v) is 2.26. The van der Waals surface area contributed by atoms with Crippen LogP contribution in [-0.2, 0) is 0 Å². The molecule has 0 bridgehead atoms. The monoisotopic (exact) mass is 216 g/mol. The van der Waals surface area contributed by atoms with Crippen LogP contribution < -0.4 is 0 Å². The molecule has 16 heavy (non-hydrogen) atoms. The van der Waals surface area contributed by atoms with Crippen molar-refractivity contribution in [2.45, 2.75) is 6.92 Å². The zero-order valence-corrected chi connectivity index (χ0v) is 8.64. The van der Waals surface area contributed by atoms with Crippen LogP contribution >= 0.6 is 0 Å². The van der Waals surface area contributed by atoms with Gasteiger partial charge < -0.3 is 0 Å². The van der Waals surface area contributed by atoms with Crippen LogP contribution in [0.1, 0.15) is 21.6 Å². The van der Waals surface area contributed by atoms with Crippen LogP contribution in [0.4, 0.5) is 4.39 Å². The lowest BCUT2D eigenvalue weighted by atomic mass is 10.0. The first-order valence-corrected chi connectivity index (χ1v) is 4.76. The zero-order valence-electron chi connectivity index (χ0n) is 8.64. The number of rotatable bonds is 2. The highest BCUT2D eigenvalue weighted by molar-refractivity contribution is 6.08. The van der Waals surface area contributed by atoms with E-state index in [1.165, 1.54) is 24.5 Å². The Balaban J connectivity index is 2.48. The molecule has 0 spiro atoms. The fourth-order valence-electron chi connectivity index (χ4n) is 1.38. The topological polar surface area (TPSA) is 42.9 Å². The Morgan fingerprint density at radius 3 is 2.81 bits per heavy atom. The second-order valence-corrected chi connectivity index (χ2v) is 3.35. The van der Waals surface area contributed by atoms with Gasteiger partial charge in [-0.3, -0.25) is 9.78 Å². The van der Waals surface area contributed by atoms with E-state index in [-0.39, 0.29) is 5.69 Å². The summed E-state index contributed by atoms with van der Waals surface area (Å²) in [5, 5.41) is 0. The number of nitrogens with zero attached hydrogens (tertiary/aromatic N) is 2. The molecule has 0 aliphatic heterocycles. The minimum absolute atomic E-state index is 0.168. The minimum Gasteiger partial charge on any atom is -0.287 e. The molecule has 0 aromatic carbocycles. The Hall–Kier alpha value is -2.10. The van der Waals surface area contributed by atoms with Crippen LogP contribution in [0.2, 0.25) is 0 Å². The molecule has 0 saturated carbocycles. The van der Waals surface area contributed by atoms with Crippen molar-refractivity contribution in [2.24, 2.45) is 0 Å². The highest BCUT2D eigenvalue weighted by Crippen LogP contribution is 2.13. The van der Waals surface area contributed by atoms with Gasteiger partial charge in [0.2, 0.25) is 5.78 Å². The van der Waals surface area contributed by atoms with Gasteiger partial charge in [-0.1, -0.05) is 0 Å². The van der Waals surface area contributed by atoms with Crippen molar-refractivity contribution in [1.29, 1.82) is 0 Å². The first-order chi connectivity index (χ1) is 7.70. The molecule has 0 saturated heterocycles. The van der Waals surface area contributed by atoms with Crippen LogP contribution in [0.25, 0.3) is 0 Å². The molecule has 0 amide bonds. The maximum absolute atomic E-state index is 13.4. The van der Waals surface area contributed by atoms with Gasteiger partial charge in [0.15, 0.2) is 5.82 Å². The lowest BCUT2D eigenvalue weighted by Gasteiger charge is -2.03. The smallest absolute Gasteiger partial charge is 0.216 e. The molecule has 0 radical (unpaired) electrons. The van der Waals surface area contributed by atoms with Crippen molar-refractivity contribution in [3.8, 4) is 0 Å². The molecule has 80 valence electrons. The average molecular weight is 216 g/mol. The maximum Gasteiger partial charge on any atom is 0.216 e. The Morgan fingerprint density at radius 2 is 2.12 bits per heavy atom. The highest BCUT2D eigenvalue weighted by Gasteiger charge is 2.16. The Kier molecular flexibility index (Phi) is 2.72. The maximum atomic E-state index is 13.4. The molecule has 2 aromatic heterocycles. The molecule has 0 fully saturated rings. The summed E-state index contributed by atoms with van der Waals surface area (Å²) in [7, 11) is 0. The molecular weight excluding hydrogens is 207 g/mol. The van der Waals surface area contributed by atoms with Gasteiger partial charge in [-0.2, -0.15) is 0 Å². The summed E-state index contributed by atoms with van der Waals surface area (Å²) >= 11 is 0. The van der Waals surface area contributed by atoms with Crippen molar-refractivity contribution >= 4 is 5.78 Å². The van der Waals surface area contributed by atoms with Gasteiger partial charge in [-0.05, 0) is 30.7 Å². The lowest BCUT2D eigenvalue weighted by Crippen LogP contribution is -2.08. The summed E-state index contributed by atoms with van der Waals surface area (Å²) in [6, 6.07) is 4.36. The third kappa shape index (κ3) is 1.82. The van der Waals surface area contributed by atoms with Crippen LogP contribution in [0.5, 0.6) is 0 Å². The van der Waals surface area contributed by atoms with E-state index < -0.39 is 11.6 Å². The van der Waals surface area contributed by atoms with Crippen LogP contribution in [0.3, 0.4) is 0 Å². The van der Waals surface area contributed by atoms with Gasteiger partial charge in [0.05, 0.1) is 0 Å². The molecule has 0 aliphatic carbocycles. The van der Waals surface area contributed by atoms with E-state index in [4.69, 9.17) is 0 Å². The molecule has 0 atom stereocenters. The number of hydrogen-bond acceptors (Lipinski definition) is 3. The second-order valence-electron chi connectivity index (χ2n) is 3.35. The first-order valence-electron chi connectivity index (χ1n) is 4.76.